The first-order valence-corrected chi connectivity index (χ1v) is 15.1. The van der Waals surface area contributed by atoms with Gasteiger partial charge >= 0.3 is 0 Å². The van der Waals surface area contributed by atoms with Crippen molar-refractivity contribution in [2.75, 3.05) is 10.8 Å². The molecular formula is C29H30Cl2FN3O4S. The van der Waals surface area contributed by atoms with Crippen LogP contribution in [0.2, 0.25) is 10.0 Å². The lowest BCUT2D eigenvalue weighted by atomic mass is 10.1. The third-order valence-electron chi connectivity index (χ3n) is 6.96. The molecule has 3 aromatic carbocycles. The predicted octanol–water partition coefficient (Wildman–Crippen LogP) is 5.80. The average Bonchev–Trinajstić information content (AvgIpc) is 3.44. The molecular weight excluding hydrogens is 576 g/mol. The van der Waals surface area contributed by atoms with E-state index in [-0.39, 0.29) is 38.8 Å². The van der Waals surface area contributed by atoms with E-state index in [9.17, 15) is 22.4 Å². The Morgan fingerprint density at radius 2 is 1.65 bits per heavy atom. The zero-order chi connectivity index (χ0) is 28.9. The van der Waals surface area contributed by atoms with Gasteiger partial charge < -0.3 is 10.2 Å². The van der Waals surface area contributed by atoms with E-state index in [4.69, 9.17) is 23.2 Å². The molecule has 1 aliphatic rings. The highest BCUT2D eigenvalue weighted by Gasteiger charge is 2.34. The molecule has 1 N–H and O–H groups in total. The summed E-state index contributed by atoms with van der Waals surface area (Å²) >= 11 is 12.5. The van der Waals surface area contributed by atoms with Crippen LogP contribution in [-0.4, -0.2) is 43.8 Å². The SMILES string of the molecule is C[C@@H](C(=O)NC1CCCC1)N(Cc1ccccc1F)C(=O)CN(c1ccc(Cl)cc1Cl)S(=O)(=O)c1ccccc1. The van der Waals surface area contributed by atoms with Gasteiger partial charge in [0.25, 0.3) is 10.0 Å². The first-order valence-electron chi connectivity index (χ1n) is 12.9. The number of sulfonamides is 1. The normalized spacial score (nSPS) is 14.5. The Morgan fingerprint density at radius 1 is 1.00 bits per heavy atom. The highest BCUT2D eigenvalue weighted by Crippen LogP contribution is 2.33. The number of halogens is 3. The van der Waals surface area contributed by atoms with Gasteiger partial charge in [0, 0.05) is 23.2 Å². The summed E-state index contributed by atoms with van der Waals surface area (Å²) in [5.41, 5.74) is 0.232. The third-order valence-corrected chi connectivity index (χ3v) is 9.27. The lowest BCUT2D eigenvalue weighted by Crippen LogP contribution is -2.52. The van der Waals surface area contributed by atoms with E-state index >= 15 is 0 Å². The average molecular weight is 607 g/mol. The van der Waals surface area contributed by atoms with Crippen molar-refractivity contribution in [1.82, 2.24) is 10.2 Å². The van der Waals surface area contributed by atoms with Gasteiger partial charge in [-0.3, -0.25) is 13.9 Å². The minimum Gasteiger partial charge on any atom is -0.352 e. The van der Waals surface area contributed by atoms with Crippen LogP contribution >= 0.6 is 23.2 Å². The monoisotopic (exact) mass is 605 g/mol. The molecule has 0 saturated heterocycles. The summed E-state index contributed by atoms with van der Waals surface area (Å²) in [6, 6.07) is 16.8. The number of benzene rings is 3. The molecule has 0 heterocycles. The topological polar surface area (TPSA) is 86.8 Å². The fourth-order valence-electron chi connectivity index (χ4n) is 4.70. The lowest BCUT2D eigenvalue weighted by Gasteiger charge is -2.32. The zero-order valence-corrected chi connectivity index (χ0v) is 24.2. The molecule has 7 nitrogen and oxygen atoms in total. The van der Waals surface area contributed by atoms with Gasteiger partial charge in [0.15, 0.2) is 0 Å². The number of carbonyl (C=O) groups excluding carboxylic acids is 2. The van der Waals surface area contributed by atoms with E-state index in [2.05, 4.69) is 5.32 Å². The standard InChI is InChI=1S/C29H30Cl2FN3O4S/c1-20(29(37)33-23-10-6-7-11-23)34(18-21-9-5-8-14-26(21)32)28(36)19-35(27-16-15-22(30)17-25(27)31)40(38,39)24-12-3-2-4-13-24/h2-5,8-9,12-17,20,23H,6-7,10-11,18-19H2,1H3,(H,33,37)/t20-/m0/s1. The van der Waals surface area contributed by atoms with Crippen LogP contribution < -0.4 is 9.62 Å². The van der Waals surface area contributed by atoms with Gasteiger partial charge in [0.05, 0.1) is 15.6 Å². The van der Waals surface area contributed by atoms with Crippen molar-refractivity contribution in [3.63, 3.8) is 0 Å². The third kappa shape index (κ3) is 6.95. The van der Waals surface area contributed by atoms with Gasteiger partial charge in [-0.25, -0.2) is 12.8 Å². The van der Waals surface area contributed by atoms with E-state index in [1.54, 1.807) is 31.2 Å². The smallest absolute Gasteiger partial charge is 0.264 e. The number of nitrogens with one attached hydrogen (secondary N) is 1. The highest BCUT2D eigenvalue weighted by molar-refractivity contribution is 7.92. The van der Waals surface area contributed by atoms with Crippen LogP contribution in [0.5, 0.6) is 0 Å². The summed E-state index contributed by atoms with van der Waals surface area (Å²) in [5.74, 6) is -1.64. The van der Waals surface area contributed by atoms with Gasteiger partial charge in [-0.2, -0.15) is 0 Å². The minimum atomic E-state index is -4.28. The molecule has 1 aliphatic carbocycles. The zero-order valence-electron chi connectivity index (χ0n) is 21.9. The van der Waals surface area contributed by atoms with E-state index < -0.39 is 40.2 Å². The molecule has 0 spiro atoms. The largest absolute Gasteiger partial charge is 0.352 e. The Hall–Kier alpha value is -3.14. The van der Waals surface area contributed by atoms with Crippen molar-refractivity contribution < 1.29 is 22.4 Å². The number of hydrogen-bond donors (Lipinski definition) is 1. The number of amides is 2. The van der Waals surface area contributed by atoms with Gasteiger partial charge in [-0.05, 0) is 56.2 Å². The van der Waals surface area contributed by atoms with Crippen molar-refractivity contribution in [1.29, 1.82) is 0 Å². The predicted molar refractivity (Wildman–Crippen MR) is 154 cm³/mol. The molecule has 1 atom stereocenters. The summed E-state index contributed by atoms with van der Waals surface area (Å²) in [6.45, 7) is 0.626. The second-order valence-electron chi connectivity index (χ2n) is 9.70. The van der Waals surface area contributed by atoms with Crippen molar-refractivity contribution >= 4 is 50.7 Å². The van der Waals surface area contributed by atoms with Crippen LogP contribution in [0, 0.1) is 5.82 Å². The Kier molecular flexibility index (Phi) is 9.71. The van der Waals surface area contributed by atoms with Gasteiger partial charge in [-0.15, -0.1) is 0 Å². The van der Waals surface area contributed by atoms with Crippen molar-refractivity contribution in [2.24, 2.45) is 0 Å². The van der Waals surface area contributed by atoms with Crippen molar-refractivity contribution in [3.8, 4) is 0 Å². The van der Waals surface area contributed by atoms with Gasteiger partial charge in [0.1, 0.15) is 18.4 Å². The molecule has 4 rings (SSSR count). The second kappa shape index (κ2) is 13.0. The van der Waals surface area contributed by atoms with Crippen LogP contribution in [0.15, 0.2) is 77.7 Å². The van der Waals surface area contributed by atoms with Gasteiger partial charge in [0.2, 0.25) is 11.8 Å². The number of carbonyl (C=O) groups is 2. The molecule has 1 saturated carbocycles. The van der Waals surface area contributed by atoms with Crippen LogP contribution in [-0.2, 0) is 26.2 Å². The first kappa shape index (κ1) is 29.8. The Labute approximate surface area is 243 Å². The van der Waals surface area contributed by atoms with E-state index in [0.717, 1.165) is 30.0 Å². The summed E-state index contributed by atoms with van der Waals surface area (Å²) in [4.78, 5) is 28.3. The molecule has 1 fully saturated rings. The van der Waals surface area contributed by atoms with Gasteiger partial charge in [-0.1, -0.05) is 72.4 Å². The molecule has 0 bridgehead atoms. The van der Waals surface area contributed by atoms with E-state index in [1.807, 2.05) is 0 Å². The molecule has 0 radical (unpaired) electrons. The quantitative estimate of drug-likeness (QED) is 0.316. The number of rotatable bonds is 10. The first-order chi connectivity index (χ1) is 19.1. The Balaban J connectivity index is 1.71. The summed E-state index contributed by atoms with van der Waals surface area (Å²) in [6.07, 6.45) is 3.70. The van der Waals surface area contributed by atoms with Crippen LogP contribution in [0.1, 0.15) is 38.2 Å². The summed E-state index contributed by atoms with van der Waals surface area (Å²) in [7, 11) is -4.28. The van der Waals surface area contributed by atoms with Crippen LogP contribution in [0.3, 0.4) is 0 Å². The molecule has 0 aliphatic heterocycles. The van der Waals surface area contributed by atoms with Crippen molar-refractivity contribution in [2.45, 2.75) is 56.1 Å². The second-order valence-corrected chi connectivity index (χ2v) is 12.4. The molecule has 11 heteroatoms. The molecule has 0 aromatic heterocycles. The number of hydrogen-bond acceptors (Lipinski definition) is 4. The molecule has 40 heavy (non-hydrogen) atoms. The summed E-state index contributed by atoms with van der Waals surface area (Å²) in [5, 5.41) is 3.28. The lowest BCUT2D eigenvalue weighted by molar-refractivity contribution is -0.139. The molecule has 3 aromatic rings. The Bertz CT molecular complexity index is 1470. The fraction of sp³-hybridized carbons (Fsp3) is 0.310. The minimum absolute atomic E-state index is 0.00296. The highest BCUT2D eigenvalue weighted by atomic mass is 35.5. The maximum Gasteiger partial charge on any atom is 0.264 e. The molecule has 0 unspecified atom stereocenters. The molecule has 2 amide bonds. The maximum absolute atomic E-state index is 14.7. The van der Waals surface area contributed by atoms with Crippen LogP contribution in [0.25, 0.3) is 0 Å². The Morgan fingerprint density at radius 3 is 2.30 bits per heavy atom. The summed E-state index contributed by atoms with van der Waals surface area (Å²) < 4.78 is 43.1. The van der Waals surface area contributed by atoms with Crippen molar-refractivity contribution in [3.05, 3.63) is 94.2 Å². The maximum atomic E-state index is 14.7. The number of anilines is 1. The van der Waals surface area contributed by atoms with Crippen LogP contribution in [0.4, 0.5) is 10.1 Å². The molecule has 212 valence electrons. The van der Waals surface area contributed by atoms with E-state index in [1.165, 1.54) is 53.4 Å². The fourth-order valence-corrected chi connectivity index (χ4v) is 6.72. The number of nitrogens with zero attached hydrogens (tertiary/aromatic N) is 2. The van der Waals surface area contributed by atoms with E-state index in [0.29, 0.717) is 0 Å².